The van der Waals surface area contributed by atoms with Crippen molar-refractivity contribution in [1.29, 1.82) is 0 Å². The molecule has 0 spiro atoms. The van der Waals surface area contributed by atoms with Gasteiger partial charge in [-0.15, -0.1) is 0 Å². The minimum absolute atomic E-state index is 0.319. The summed E-state index contributed by atoms with van der Waals surface area (Å²) in [7, 11) is 0. The summed E-state index contributed by atoms with van der Waals surface area (Å²) in [5.41, 5.74) is 7.13. The van der Waals surface area contributed by atoms with E-state index in [2.05, 4.69) is 26.9 Å². The van der Waals surface area contributed by atoms with Crippen LogP contribution in [0, 0.1) is 0 Å². The highest BCUT2D eigenvalue weighted by atomic mass is 79.9. The average Bonchev–Trinajstić information content (AvgIpc) is 2.24. The first-order chi connectivity index (χ1) is 7.65. The third-order valence-electron chi connectivity index (χ3n) is 2.94. The number of benzene rings is 1. The molecule has 2 nitrogen and oxygen atoms in total. The molecule has 1 aromatic carbocycles. The minimum Gasteiger partial charge on any atom is -0.327 e. The minimum atomic E-state index is 0.319. The number of halogens is 2. The van der Waals surface area contributed by atoms with Crippen LogP contribution in [0.15, 0.2) is 22.7 Å². The van der Waals surface area contributed by atoms with Gasteiger partial charge in [0.05, 0.1) is 0 Å². The Bertz CT molecular complexity index is 370. The van der Waals surface area contributed by atoms with Crippen LogP contribution in [-0.2, 0) is 6.54 Å². The summed E-state index contributed by atoms with van der Waals surface area (Å²) in [6, 6.07) is 6.31. The van der Waals surface area contributed by atoms with E-state index in [0.717, 1.165) is 35.6 Å². The molecule has 1 aliphatic heterocycles. The second-order valence-electron chi connectivity index (χ2n) is 4.37. The maximum absolute atomic E-state index is 6.17. The Morgan fingerprint density at radius 3 is 3.06 bits per heavy atom. The smallest absolute Gasteiger partial charge is 0.0451 e. The van der Waals surface area contributed by atoms with Crippen molar-refractivity contribution >= 4 is 27.5 Å². The molecule has 0 saturated carbocycles. The van der Waals surface area contributed by atoms with Crippen LogP contribution in [0.4, 0.5) is 0 Å². The van der Waals surface area contributed by atoms with Gasteiger partial charge in [0.15, 0.2) is 0 Å². The molecule has 2 rings (SSSR count). The van der Waals surface area contributed by atoms with Gasteiger partial charge in [0.1, 0.15) is 0 Å². The first kappa shape index (κ1) is 12.4. The molecule has 1 fully saturated rings. The zero-order valence-corrected chi connectivity index (χ0v) is 11.5. The first-order valence-corrected chi connectivity index (χ1v) is 6.74. The Labute approximate surface area is 110 Å². The van der Waals surface area contributed by atoms with E-state index >= 15 is 0 Å². The molecule has 0 bridgehead atoms. The quantitative estimate of drug-likeness (QED) is 0.910. The topological polar surface area (TPSA) is 29.3 Å². The zero-order chi connectivity index (χ0) is 11.5. The second-order valence-corrected chi connectivity index (χ2v) is 5.70. The van der Waals surface area contributed by atoms with Crippen molar-refractivity contribution in [1.82, 2.24) is 4.90 Å². The van der Waals surface area contributed by atoms with Crippen molar-refractivity contribution in [2.75, 3.05) is 13.1 Å². The molecule has 1 heterocycles. The number of likely N-dealkylation sites (tertiary alicyclic amines) is 1. The van der Waals surface area contributed by atoms with Gasteiger partial charge in [-0.3, -0.25) is 4.90 Å². The van der Waals surface area contributed by atoms with Crippen LogP contribution in [0.1, 0.15) is 18.4 Å². The van der Waals surface area contributed by atoms with Gasteiger partial charge in [-0.05, 0) is 43.1 Å². The predicted molar refractivity (Wildman–Crippen MR) is 71.6 cm³/mol. The summed E-state index contributed by atoms with van der Waals surface area (Å²) >= 11 is 9.64. The maximum Gasteiger partial charge on any atom is 0.0451 e. The van der Waals surface area contributed by atoms with Crippen LogP contribution in [0.5, 0.6) is 0 Å². The van der Waals surface area contributed by atoms with Gasteiger partial charge in [0.25, 0.3) is 0 Å². The van der Waals surface area contributed by atoms with E-state index in [0.29, 0.717) is 6.04 Å². The van der Waals surface area contributed by atoms with Crippen molar-refractivity contribution in [3.05, 3.63) is 33.3 Å². The lowest BCUT2D eigenvalue weighted by atomic mass is 10.1. The molecule has 2 N–H and O–H groups in total. The van der Waals surface area contributed by atoms with Gasteiger partial charge >= 0.3 is 0 Å². The van der Waals surface area contributed by atoms with E-state index in [1.807, 2.05) is 12.1 Å². The Morgan fingerprint density at radius 2 is 2.31 bits per heavy atom. The first-order valence-electron chi connectivity index (χ1n) is 5.57. The molecule has 0 aromatic heterocycles. The highest BCUT2D eigenvalue weighted by molar-refractivity contribution is 9.10. The Morgan fingerprint density at radius 1 is 1.50 bits per heavy atom. The summed E-state index contributed by atoms with van der Waals surface area (Å²) in [5.74, 6) is 0. The fourth-order valence-corrected chi connectivity index (χ4v) is 2.73. The van der Waals surface area contributed by atoms with Crippen LogP contribution >= 0.6 is 27.5 Å². The van der Waals surface area contributed by atoms with Gasteiger partial charge in [-0.1, -0.05) is 27.5 Å². The van der Waals surface area contributed by atoms with Gasteiger partial charge in [-0.2, -0.15) is 0 Å². The summed E-state index contributed by atoms with van der Waals surface area (Å²) in [6.45, 7) is 2.99. The third kappa shape index (κ3) is 3.20. The number of hydrogen-bond donors (Lipinski definition) is 1. The maximum atomic E-state index is 6.17. The molecule has 16 heavy (non-hydrogen) atoms. The molecular formula is C12H16BrClN2. The fourth-order valence-electron chi connectivity index (χ4n) is 2.14. The molecule has 4 heteroatoms. The number of rotatable bonds is 2. The summed E-state index contributed by atoms with van der Waals surface area (Å²) in [6.07, 6.45) is 2.33. The van der Waals surface area contributed by atoms with Crippen LogP contribution in [0.25, 0.3) is 0 Å². The lowest BCUT2D eigenvalue weighted by Crippen LogP contribution is -2.42. The molecule has 1 saturated heterocycles. The van der Waals surface area contributed by atoms with E-state index in [1.165, 1.54) is 12.0 Å². The fraction of sp³-hybridized carbons (Fsp3) is 0.500. The van der Waals surface area contributed by atoms with Crippen LogP contribution in [-0.4, -0.2) is 24.0 Å². The molecule has 0 aliphatic carbocycles. The van der Waals surface area contributed by atoms with Crippen LogP contribution in [0.3, 0.4) is 0 Å². The Balaban J connectivity index is 2.05. The molecule has 0 amide bonds. The molecule has 88 valence electrons. The van der Waals surface area contributed by atoms with E-state index in [-0.39, 0.29) is 0 Å². The van der Waals surface area contributed by atoms with E-state index in [4.69, 9.17) is 17.3 Å². The van der Waals surface area contributed by atoms with Gasteiger partial charge in [0, 0.05) is 28.6 Å². The van der Waals surface area contributed by atoms with Crippen molar-refractivity contribution in [2.45, 2.75) is 25.4 Å². The predicted octanol–water partition coefficient (Wildman–Crippen LogP) is 3.03. The van der Waals surface area contributed by atoms with E-state index in [9.17, 15) is 0 Å². The second kappa shape index (κ2) is 5.50. The van der Waals surface area contributed by atoms with Gasteiger partial charge in [0.2, 0.25) is 0 Å². The van der Waals surface area contributed by atoms with Crippen molar-refractivity contribution in [2.24, 2.45) is 5.73 Å². The highest BCUT2D eigenvalue weighted by Crippen LogP contribution is 2.23. The lowest BCUT2D eigenvalue weighted by molar-refractivity contribution is 0.201. The number of piperidine rings is 1. The van der Waals surface area contributed by atoms with Crippen LogP contribution < -0.4 is 5.73 Å². The Kier molecular flexibility index (Phi) is 4.25. The molecular weight excluding hydrogens is 288 g/mol. The summed E-state index contributed by atoms with van der Waals surface area (Å²) in [4.78, 5) is 2.38. The zero-order valence-electron chi connectivity index (χ0n) is 9.13. The highest BCUT2D eigenvalue weighted by Gasteiger charge is 2.17. The molecule has 1 atom stereocenters. The van der Waals surface area contributed by atoms with Crippen molar-refractivity contribution in [3.63, 3.8) is 0 Å². The molecule has 1 aromatic rings. The molecule has 1 unspecified atom stereocenters. The standard InChI is InChI=1S/C12H16BrClN2/c13-10-3-4-12(14)9(6-10)7-16-5-1-2-11(15)8-16/h3-4,6,11H,1-2,5,7-8,15H2. The largest absolute Gasteiger partial charge is 0.327 e. The van der Waals surface area contributed by atoms with Gasteiger partial charge in [-0.25, -0.2) is 0 Å². The molecule has 0 radical (unpaired) electrons. The SMILES string of the molecule is NC1CCCN(Cc2cc(Br)ccc2Cl)C1. The number of nitrogens with two attached hydrogens (primary N) is 1. The van der Waals surface area contributed by atoms with E-state index < -0.39 is 0 Å². The number of nitrogens with zero attached hydrogens (tertiary/aromatic N) is 1. The van der Waals surface area contributed by atoms with Crippen LogP contribution in [0.2, 0.25) is 5.02 Å². The third-order valence-corrected chi connectivity index (χ3v) is 3.81. The molecule has 1 aliphatic rings. The van der Waals surface area contributed by atoms with Crippen molar-refractivity contribution < 1.29 is 0 Å². The normalized spacial score (nSPS) is 22.3. The number of hydrogen-bond acceptors (Lipinski definition) is 2. The average molecular weight is 304 g/mol. The van der Waals surface area contributed by atoms with E-state index in [1.54, 1.807) is 0 Å². The van der Waals surface area contributed by atoms with Crippen molar-refractivity contribution in [3.8, 4) is 0 Å². The monoisotopic (exact) mass is 302 g/mol. The Hall–Kier alpha value is -0.0900. The summed E-state index contributed by atoms with van der Waals surface area (Å²) < 4.78 is 1.08. The van der Waals surface area contributed by atoms with Gasteiger partial charge < -0.3 is 5.73 Å². The lowest BCUT2D eigenvalue weighted by Gasteiger charge is -2.30. The summed E-state index contributed by atoms with van der Waals surface area (Å²) in [5, 5.41) is 0.836.